The van der Waals surface area contributed by atoms with Crippen molar-refractivity contribution in [3.05, 3.63) is 17.5 Å². The predicted octanol–water partition coefficient (Wildman–Crippen LogP) is 1.30. The highest BCUT2D eigenvalue weighted by Crippen LogP contribution is 2.15. The van der Waals surface area contributed by atoms with Crippen LogP contribution in [0.2, 0.25) is 0 Å². The lowest BCUT2D eigenvalue weighted by atomic mass is 9.98. The number of methoxy groups -OCH3 is 1. The number of aliphatic hydroxyl groups excluding tert-OH is 1. The first-order chi connectivity index (χ1) is 7.45. The van der Waals surface area contributed by atoms with Crippen LogP contribution in [0.25, 0.3) is 0 Å². The molecule has 4 heteroatoms. The average Bonchev–Trinajstić information content (AvgIpc) is 2.45. The lowest BCUT2D eigenvalue weighted by Crippen LogP contribution is -2.34. The maximum Gasteiger partial charge on any atom is 0.0859 e. The van der Waals surface area contributed by atoms with Gasteiger partial charge in [0.25, 0.3) is 0 Å². The van der Waals surface area contributed by atoms with E-state index in [0.29, 0.717) is 12.3 Å². The molecule has 0 fully saturated rings. The van der Waals surface area contributed by atoms with Crippen molar-refractivity contribution in [3.8, 4) is 0 Å². The number of aryl methyl sites for hydroxylation is 2. The molecule has 16 heavy (non-hydrogen) atoms. The fourth-order valence-electron chi connectivity index (χ4n) is 2.06. The third kappa shape index (κ3) is 3.06. The van der Waals surface area contributed by atoms with Gasteiger partial charge in [0.15, 0.2) is 0 Å². The van der Waals surface area contributed by atoms with E-state index < -0.39 is 6.10 Å². The largest absolute Gasteiger partial charge is 0.390 e. The summed E-state index contributed by atoms with van der Waals surface area (Å²) in [6, 6.07) is 2.00. The second kappa shape index (κ2) is 5.46. The maximum atomic E-state index is 10.1. The normalized spacial score (nSPS) is 15.4. The topological polar surface area (TPSA) is 47.3 Å². The summed E-state index contributed by atoms with van der Waals surface area (Å²) < 4.78 is 7.12. The number of ether oxygens (including phenoxy) is 1. The third-order valence-electron chi connectivity index (χ3n) is 2.83. The summed E-state index contributed by atoms with van der Waals surface area (Å²) >= 11 is 0. The minimum Gasteiger partial charge on any atom is -0.390 e. The Morgan fingerprint density at radius 3 is 2.50 bits per heavy atom. The molecule has 1 N–H and O–H groups in total. The summed E-state index contributed by atoms with van der Waals surface area (Å²) in [5, 5.41) is 14.4. The maximum absolute atomic E-state index is 10.1. The lowest BCUT2D eigenvalue weighted by Gasteiger charge is -2.24. The zero-order valence-corrected chi connectivity index (χ0v) is 10.8. The van der Waals surface area contributed by atoms with Gasteiger partial charge >= 0.3 is 0 Å². The molecule has 0 aliphatic carbocycles. The van der Waals surface area contributed by atoms with Crippen molar-refractivity contribution in [3.63, 3.8) is 0 Å². The molecule has 0 saturated heterocycles. The van der Waals surface area contributed by atoms with E-state index in [1.807, 2.05) is 38.6 Å². The Morgan fingerprint density at radius 2 is 2.12 bits per heavy atom. The molecule has 0 aromatic carbocycles. The fourth-order valence-corrected chi connectivity index (χ4v) is 2.06. The molecular weight excluding hydrogens is 204 g/mol. The smallest absolute Gasteiger partial charge is 0.0859 e. The molecule has 0 bridgehead atoms. The number of aliphatic hydroxyl groups is 1. The van der Waals surface area contributed by atoms with Crippen molar-refractivity contribution < 1.29 is 9.84 Å². The molecule has 0 aliphatic heterocycles. The minimum absolute atomic E-state index is 0.129. The molecule has 1 aromatic rings. The summed E-state index contributed by atoms with van der Waals surface area (Å²) in [5.41, 5.74) is 2.01. The van der Waals surface area contributed by atoms with E-state index in [2.05, 4.69) is 5.10 Å². The number of aromatic nitrogens is 2. The molecule has 0 aliphatic rings. The second-order valence-corrected chi connectivity index (χ2v) is 4.62. The summed E-state index contributed by atoms with van der Waals surface area (Å²) in [4.78, 5) is 0. The van der Waals surface area contributed by atoms with Gasteiger partial charge in [0.05, 0.1) is 17.9 Å². The number of hydrogen-bond donors (Lipinski definition) is 1. The summed E-state index contributed by atoms with van der Waals surface area (Å²) in [7, 11) is 3.54. The molecule has 2 unspecified atom stereocenters. The van der Waals surface area contributed by atoms with Crippen molar-refractivity contribution in [2.75, 3.05) is 7.11 Å². The molecule has 4 nitrogen and oxygen atoms in total. The Hall–Kier alpha value is -0.870. The van der Waals surface area contributed by atoms with Gasteiger partial charge in [0, 0.05) is 26.3 Å². The monoisotopic (exact) mass is 226 g/mol. The van der Waals surface area contributed by atoms with E-state index in [9.17, 15) is 5.11 Å². The number of hydrogen-bond acceptors (Lipinski definition) is 3. The van der Waals surface area contributed by atoms with E-state index in [1.165, 1.54) is 0 Å². The van der Waals surface area contributed by atoms with E-state index in [-0.39, 0.29) is 6.10 Å². The van der Waals surface area contributed by atoms with Crippen molar-refractivity contribution in [2.24, 2.45) is 13.0 Å². The van der Waals surface area contributed by atoms with Gasteiger partial charge in [0.2, 0.25) is 0 Å². The molecule has 0 spiro atoms. The van der Waals surface area contributed by atoms with Crippen LogP contribution in [0, 0.1) is 12.8 Å². The Balaban J connectivity index is 2.69. The van der Waals surface area contributed by atoms with Gasteiger partial charge in [-0.1, -0.05) is 13.8 Å². The van der Waals surface area contributed by atoms with Crippen LogP contribution < -0.4 is 0 Å². The van der Waals surface area contributed by atoms with E-state index in [0.717, 1.165) is 11.4 Å². The lowest BCUT2D eigenvalue weighted by molar-refractivity contribution is -0.0374. The van der Waals surface area contributed by atoms with Gasteiger partial charge in [-0.05, 0) is 18.9 Å². The van der Waals surface area contributed by atoms with Crippen LogP contribution in [0.3, 0.4) is 0 Å². The van der Waals surface area contributed by atoms with Gasteiger partial charge in [-0.15, -0.1) is 0 Å². The zero-order valence-electron chi connectivity index (χ0n) is 10.8. The molecule has 1 rings (SSSR count). The molecule has 2 atom stereocenters. The number of rotatable bonds is 5. The Morgan fingerprint density at radius 1 is 1.50 bits per heavy atom. The summed E-state index contributed by atoms with van der Waals surface area (Å²) in [5.74, 6) is 0.300. The van der Waals surface area contributed by atoms with Gasteiger partial charge in [-0.25, -0.2) is 0 Å². The molecule has 0 amide bonds. The number of nitrogens with zero attached hydrogens (tertiary/aromatic N) is 2. The first-order valence-corrected chi connectivity index (χ1v) is 5.66. The van der Waals surface area contributed by atoms with Crippen molar-refractivity contribution in [1.29, 1.82) is 0 Å². The quantitative estimate of drug-likeness (QED) is 0.823. The zero-order chi connectivity index (χ0) is 12.3. The SMILES string of the molecule is COC(C(C)C)C(O)Cc1cc(C)nn1C. The van der Waals surface area contributed by atoms with Crippen LogP contribution >= 0.6 is 0 Å². The molecule has 0 radical (unpaired) electrons. The Bertz CT molecular complexity index is 334. The van der Waals surface area contributed by atoms with Crippen molar-refractivity contribution >= 4 is 0 Å². The van der Waals surface area contributed by atoms with Crippen LogP contribution in [0.15, 0.2) is 6.07 Å². The Kier molecular flexibility index (Phi) is 4.50. The van der Waals surface area contributed by atoms with Crippen LogP contribution in [0.1, 0.15) is 25.2 Å². The summed E-state index contributed by atoms with van der Waals surface area (Å²) in [6.07, 6.45) is -0.0383. The highest BCUT2D eigenvalue weighted by molar-refractivity contribution is 5.10. The molecule has 1 aromatic heterocycles. The Labute approximate surface area is 97.2 Å². The van der Waals surface area contributed by atoms with Crippen LogP contribution in [-0.2, 0) is 18.2 Å². The molecular formula is C12H22N2O2. The van der Waals surface area contributed by atoms with E-state index in [1.54, 1.807) is 7.11 Å². The first-order valence-electron chi connectivity index (χ1n) is 5.66. The van der Waals surface area contributed by atoms with Gasteiger partial charge in [-0.2, -0.15) is 5.10 Å². The highest BCUT2D eigenvalue weighted by Gasteiger charge is 2.23. The third-order valence-corrected chi connectivity index (χ3v) is 2.83. The van der Waals surface area contributed by atoms with Gasteiger partial charge in [-0.3, -0.25) is 4.68 Å². The van der Waals surface area contributed by atoms with Gasteiger partial charge < -0.3 is 9.84 Å². The van der Waals surface area contributed by atoms with Crippen molar-refractivity contribution in [2.45, 2.75) is 39.4 Å². The van der Waals surface area contributed by atoms with Crippen LogP contribution in [0.5, 0.6) is 0 Å². The predicted molar refractivity (Wildman–Crippen MR) is 63.3 cm³/mol. The van der Waals surface area contributed by atoms with Crippen molar-refractivity contribution in [1.82, 2.24) is 9.78 Å². The van der Waals surface area contributed by atoms with Crippen LogP contribution in [0.4, 0.5) is 0 Å². The van der Waals surface area contributed by atoms with E-state index >= 15 is 0 Å². The second-order valence-electron chi connectivity index (χ2n) is 4.62. The highest BCUT2D eigenvalue weighted by atomic mass is 16.5. The summed E-state index contributed by atoms with van der Waals surface area (Å²) in [6.45, 7) is 6.05. The standard InChI is InChI=1S/C12H22N2O2/c1-8(2)12(16-5)11(15)7-10-6-9(3)13-14(10)4/h6,8,11-12,15H,7H2,1-5H3. The molecule has 92 valence electrons. The fraction of sp³-hybridized carbons (Fsp3) is 0.750. The van der Waals surface area contributed by atoms with E-state index in [4.69, 9.17) is 4.74 Å². The molecule has 0 saturated carbocycles. The minimum atomic E-state index is -0.486. The van der Waals surface area contributed by atoms with Crippen LogP contribution in [-0.4, -0.2) is 34.2 Å². The average molecular weight is 226 g/mol. The molecule has 1 heterocycles. The van der Waals surface area contributed by atoms with Gasteiger partial charge in [0.1, 0.15) is 0 Å². The first kappa shape index (κ1) is 13.2.